The molecule has 2 rings (SSSR count). The van der Waals surface area contributed by atoms with E-state index in [0.29, 0.717) is 12.3 Å². The lowest BCUT2D eigenvalue weighted by Crippen LogP contribution is -2.71. The normalized spacial score (nSPS) is 36.5. The lowest BCUT2D eigenvalue weighted by atomic mass is 9.78. The number of rotatable bonds is 2. The Morgan fingerprint density at radius 3 is 2.41 bits per heavy atom. The second-order valence-electron chi connectivity index (χ2n) is 5.98. The maximum absolute atomic E-state index is 12.4. The molecule has 2 fully saturated rings. The minimum absolute atomic E-state index is 0.00310. The van der Waals surface area contributed by atoms with Crippen LogP contribution in [0.2, 0.25) is 0 Å². The Kier molecular flexibility index (Phi) is 2.92. The molecule has 1 saturated heterocycles. The Balaban J connectivity index is 2.23. The number of amides is 2. The van der Waals surface area contributed by atoms with Crippen LogP contribution in [0.5, 0.6) is 0 Å². The molecule has 0 spiro atoms. The Hall–Kier alpha value is -1.06. The third kappa shape index (κ3) is 1.94. The molecule has 96 valence electrons. The standard InChI is InChI=1S/C13H22N2O2/c1-5-10-11(16)14-13(3,4)12(17)15(10)9-6-8(2)7-9/h8-10H,5-7H2,1-4H3,(H,14,16). The lowest BCUT2D eigenvalue weighted by molar-refractivity contribution is -0.159. The largest absolute Gasteiger partial charge is 0.340 e. The van der Waals surface area contributed by atoms with Gasteiger partial charge in [-0.15, -0.1) is 0 Å². The molecule has 1 atom stereocenters. The van der Waals surface area contributed by atoms with Crippen LogP contribution >= 0.6 is 0 Å². The number of nitrogens with zero attached hydrogens (tertiary/aromatic N) is 1. The Labute approximate surface area is 103 Å². The molecule has 1 aliphatic heterocycles. The molecule has 0 aromatic carbocycles. The van der Waals surface area contributed by atoms with E-state index < -0.39 is 5.54 Å². The molecule has 0 radical (unpaired) electrons. The minimum Gasteiger partial charge on any atom is -0.340 e. The van der Waals surface area contributed by atoms with E-state index in [2.05, 4.69) is 12.2 Å². The number of nitrogens with one attached hydrogen (secondary N) is 1. The number of carbonyl (C=O) groups is 2. The third-order valence-electron chi connectivity index (χ3n) is 3.97. The summed E-state index contributed by atoms with van der Waals surface area (Å²) in [7, 11) is 0. The van der Waals surface area contributed by atoms with Crippen LogP contribution in [0.25, 0.3) is 0 Å². The zero-order valence-electron chi connectivity index (χ0n) is 11.1. The van der Waals surface area contributed by atoms with Crippen molar-refractivity contribution in [3.05, 3.63) is 0 Å². The zero-order chi connectivity index (χ0) is 12.8. The van der Waals surface area contributed by atoms with Gasteiger partial charge in [0.2, 0.25) is 11.8 Å². The maximum Gasteiger partial charge on any atom is 0.248 e. The molecule has 1 aliphatic carbocycles. The fourth-order valence-corrected chi connectivity index (χ4v) is 2.92. The van der Waals surface area contributed by atoms with Crippen molar-refractivity contribution in [2.75, 3.05) is 0 Å². The molecular weight excluding hydrogens is 216 g/mol. The summed E-state index contributed by atoms with van der Waals surface area (Å²) < 4.78 is 0. The molecule has 1 N–H and O–H groups in total. The summed E-state index contributed by atoms with van der Waals surface area (Å²) in [6.45, 7) is 7.73. The highest BCUT2D eigenvalue weighted by Gasteiger charge is 2.49. The summed E-state index contributed by atoms with van der Waals surface area (Å²) in [4.78, 5) is 26.3. The van der Waals surface area contributed by atoms with Crippen LogP contribution in [0.1, 0.15) is 47.0 Å². The van der Waals surface area contributed by atoms with Crippen molar-refractivity contribution >= 4 is 11.8 Å². The van der Waals surface area contributed by atoms with Gasteiger partial charge in [0.25, 0.3) is 0 Å². The molecule has 1 unspecified atom stereocenters. The quantitative estimate of drug-likeness (QED) is 0.788. The zero-order valence-corrected chi connectivity index (χ0v) is 11.1. The van der Waals surface area contributed by atoms with E-state index in [1.54, 1.807) is 13.8 Å². The van der Waals surface area contributed by atoms with E-state index in [1.165, 1.54) is 0 Å². The van der Waals surface area contributed by atoms with Crippen LogP contribution in [0.3, 0.4) is 0 Å². The van der Waals surface area contributed by atoms with Crippen LogP contribution in [0.4, 0.5) is 0 Å². The topological polar surface area (TPSA) is 49.4 Å². The summed E-state index contributed by atoms with van der Waals surface area (Å²) in [5, 5.41) is 2.82. The van der Waals surface area contributed by atoms with E-state index in [9.17, 15) is 9.59 Å². The average Bonchev–Trinajstić information content (AvgIpc) is 2.18. The van der Waals surface area contributed by atoms with Crippen LogP contribution in [0.15, 0.2) is 0 Å². The first kappa shape index (κ1) is 12.4. The first-order valence-corrected chi connectivity index (χ1v) is 6.51. The Morgan fingerprint density at radius 2 is 1.94 bits per heavy atom. The monoisotopic (exact) mass is 238 g/mol. The molecule has 2 aliphatic rings. The molecule has 0 aromatic rings. The van der Waals surface area contributed by atoms with Gasteiger partial charge in [-0.2, -0.15) is 0 Å². The minimum atomic E-state index is -0.748. The van der Waals surface area contributed by atoms with Gasteiger partial charge in [0, 0.05) is 6.04 Å². The highest BCUT2D eigenvalue weighted by molar-refractivity contribution is 5.99. The second-order valence-corrected chi connectivity index (χ2v) is 5.98. The fraction of sp³-hybridized carbons (Fsp3) is 0.846. The van der Waals surface area contributed by atoms with Gasteiger partial charge in [0.15, 0.2) is 0 Å². The van der Waals surface area contributed by atoms with Gasteiger partial charge in [-0.1, -0.05) is 13.8 Å². The Bertz CT molecular complexity index is 345. The van der Waals surface area contributed by atoms with Gasteiger partial charge < -0.3 is 10.2 Å². The summed E-state index contributed by atoms with van der Waals surface area (Å²) in [6.07, 6.45) is 2.76. The highest BCUT2D eigenvalue weighted by Crippen LogP contribution is 2.35. The first-order chi connectivity index (χ1) is 7.86. The van der Waals surface area contributed by atoms with Crippen molar-refractivity contribution in [1.29, 1.82) is 0 Å². The van der Waals surface area contributed by atoms with Crippen LogP contribution in [-0.4, -0.2) is 34.3 Å². The van der Waals surface area contributed by atoms with Crippen LogP contribution in [0, 0.1) is 5.92 Å². The van der Waals surface area contributed by atoms with Crippen molar-refractivity contribution in [1.82, 2.24) is 10.2 Å². The number of hydrogen-bond donors (Lipinski definition) is 1. The third-order valence-corrected chi connectivity index (χ3v) is 3.97. The van der Waals surface area contributed by atoms with Crippen molar-refractivity contribution in [2.24, 2.45) is 5.92 Å². The first-order valence-electron chi connectivity index (χ1n) is 6.51. The van der Waals surface area contributed by atoms with Gasteiger partial charge in [-0.05, 0) is 39.0 Å². The van der Waals surface area contributed by atoms with Gasteiger partial charge in [-0.25, -0.2) is 0 Å². The molecule has 0 bridgehead atoms. The van der Waals surface area contributed by atoms with E-state index >= 15 is 0 Å². The smallest absolute Gasteiger partial charge is 0.248 e. The van der Waals surface area contributed by atoms with Crippen molar-refractivity contribution < 1.29 is 9.59 Å². The van der Waals surface area contributed by atoms with Crippen LogP contribution in [-0.2, 0) is 9.59 Å². The summed E-state index contributed by atoms with van der Waals surface area (Å²) in [5.41, 5.74) is -0.748. The molecular formula is C13H22N2O2. The van der Waals surface area contributed by atoms with E-state index in [-0.39, 0.29) is 23.9 Å². The molecule has 1 saturated carbocycles. The van der Waals surface area contributed by atoms with Crippen molar-refractivity contribution in [3.8, 4) is 0 Å². The van der Waals surface area contributed by atoms with Crippen molar-refractivity contribution in [2.45, 2.75) is 64.6 Å². The molecule has 1 heterocycles. The molecule has 0 aromatic heterocycles. The number of carbonyl (C=O) groups excluding carboxylic acids is 2. The van der Waals surface area contributed by atoms with Gasteiger partial charge >= 0.3 is 0 Å². The SMILES string of the molecule is CCC1C(=O)NC(C)(C)C(=O)N1C1CC(C)C1. The lowest BCUT2D eigenvalue weighted by Gasteiger charge is -2.50. The fourth-order valence-electron chi connectivity index (χ4n) is 2.92. The molecule has 2 amide bonds. The highest BCUT2D eigenvalue weighted by atomic mass is 16.2. The van der Waals surface area contributed by atoms with E-state index in [0.717, 1.165) is 12.8 Å². The predicted octanol–water partition coefficient (Wildman–Crippen LogP) is 1.30. The molecule has 4 nitrogen and oxygen atoms in total. The molecule has 17 heavy (non-hydrogen) atoms. The molecule has 4 heteroatoms. The van der Waals surface area contributed by atoms with Gasteiger partial charge in [0.1, 0.15) is 11.6 Å². The average molecular weight is 238 g/mol. The summed E-state index contributed by atoms with van der Waals surface area (Å²) in [6, 6.07) is 0.000741. The van der Waals surface area contributed by atoms with Crippen LogP contribution < -0.4 is 5.32 Å². The summed E-state index contributed by atoms with van der Waals surface area (Å²) >= 11 is 0. The van der Waals surface area contributed by atoms with E-state index in [1.807, 2.05) is 11.8 Å². The Morgan fingerprint density at radius 1 is 1.35 bits per heavy atom. The summed E-state index contributed by atoms with van der Waals surface area (Å²) in [5.74, 6) is 0.746. The van der Waals surface area contributed by atoms with Gasteiger partial charge in [0.05, 0.1) is 0 Å². The van der Waals surface area contributed by atoms with E-state index in [4.69, 9.17) is 0 Å². The number of hydrogen-bond acceptors (Lipinski definition) is 2. The predicted molar refractivity (Wildman–Crippen MR) is 65.3 cm³/mol. The van der Waals surface area contributed by atoms with Gasteiger partial charge in [-0.3, -0.25) is 9.59 Å². The van der Waals surface area contributed by atoms with Crippen molar-refractivity contribution in [3.63, 3.8) is 0 Å². The second kappa shape index (κ2) is 4.00. The number of piperazine rings is 1. The maximum atomic E-state index is 12.4.